The summed E-state index contributed by atoms with van der Waals surface area (Å²) in [6, 6.07) is 8.19. The van der Waals surface area contributed by atoms with Gasteiger partial charge in [-0.1, -0.05) is 24.2 Å². The molecule has 0 amide bonds. The highest BCUT2D eigenvalue weighted by Crippen LogP contribution is 2.53. The summed E-state index contributed by atoms with van der Waals surface area (Å²) in [7, 11) is 0. The molecule has 2 heterocycles. The van der Waals surface area contributed by atoms with E-state index in [2.05, 4.69) is 38.1 Å². The molecule has 1 saturated carbocycles. The maximum Gasteiger partial charge on any atom is 0.140 e. The number of hydrogen-bond acceptors (Lipinski definition) is 5. The SMILES string of the molecule is Cc1noc(C)c1COc1ccc([C@@H]2OC(C)(C)[C@H]3C[C@H]2[C@H](C)[C@@H](O)C3)cc1. The van der Waals surface area contributed by atoms with E-state index in [1.54, 1.807) is 0 Å². The van der Waals surface area contributed by atoms with Crippen molar-refractivity contribution in [3.8, 4) is 5.75 Å². The van der Waals surface area contributed by atoms with Crippen LogP contribution in [0, 0.1) is 31.6 Å². The number of benzene rings is 1. The number of aliphatic hydroxyl groups excluding tert-OH is 1. The highest BCUT2D eigenvalue weighted by Gasteiger charge is 2.50. The fourth-order valence-corrected chi connectivity index (χ4v) is 4.84. The second kappa shape index (κ2) is 7.20. The number of fused-ring (bicyclic) bond motifs is 2. The average molecular weight is 386 g/mol. The molecule has 152 valence electrons. The molecule has 28 heavy (non-hydrogen) atoms. The number of aryl methyl sites for hydroxylation is 2. The third-order valence-corrected chi connectivity index (χ3v) is 6.94. The molecular weight excluding hydrogens is 354 g/mol. The zero-order valence-electron chi connectivity index (χ0n) is 17.4. The van der Waals surface area contributed by atoms with Crippen LogP contribution in [0.3, 0.4) is 0 Å². The predicted octanol–water partition coefficient (Wildman–Crippen LogP) is 4.74. The Hall–Kier alpha value is -1.85. The van der Waals surface area contributed by atoms with E-state index in [0.29, 0.717) is 18.4 Å². The largest absolute Gasteiger partial charge is 0.489 e. The molecule has 2 aromatic rings. The van der Waals surface area contributed by atoms with Crippen molar-refractivity contribution >= 4 is 0 Å². The minimum Gasteiger partial charge on any atom is -0.489 e. The van der Waals surface area contributed by atoms with Crippen molar-refractivity contribution in [3.05, 3.63) is 46.8 Å². The fourth-order valence-electron chi connectivity index (χ4n) is 4.84. The van der Waals surface area contributed by atoms with Crippen molar-refractivity contribution in [3.63, 3.8) is 0 Å². The first-order chi connectivity index (χ1) is 13.3. The lowest BCUT2D eigenvalue weighted by molar-refractivity contribution is -0.215. The van der Waals surface area contributed by atoms with Crippen LogP contribution in [0.5, 0.6) is 5.75 Å². The Kier molecular flexibility index (Phi) is 5.00. The standard InChI is InChI=1S/C23H31NO4/c1-13-19-10-17(11-21(13)25)23(4,5)27-22(19)16-6-8-18(9-7-16)26-12-20-14(2)24-28-15(20)3/h6-9,13,17,19,21-22,25H,10-12H2,1-5H3/t13-,17-,19-,21-,22-/m0/s1. The molecule has 5 atom stereocenters. The number of aliphatic hydroxyl groups is 1. The minimum absolute atomic E-state index is 0.00723. The zero-order valence-corrected chi connectivity index (χ0v) is 17.4. The van der Waals surface area contributed by atoms with E-state index in [1.165, 1.54) is 0 Å². The van der Waals surface area contributed by atoms with Gasteiger partial charge in [-0.15, -0.1) is 0 Å². The Bertz CT molecular complexity index is 806. The van der Waals surface area contributed by atoms with Crippen molar-refractivity contribution in [1.29, 1.82) is 0 Å². The lowest BCUT2D eigenvalue weighted by Gasteiger charge is -2.53. The molecule has 1 N–H and O–H groups in total. The number of ether oxygens (including phenoxy) is 2. The lowest BCUT2D eigenvalue weighted by Crippen LogP contribution is -2.52. The highest BCUT2D eigenvalue weighted by molar-refractivity contribution is 5.30. The van der Waals surface area contributed by atoms with Gasteiger partial charge >= 0.3 is 0 Å². The summed E-state index contributed by atoms with van der Waals surface area (Å²) in [6.45, 7) is 10.7. The zero-order chi connectivity index (χ0) is 20.1. The lowest BCUT2D eigenvalue weighted by atomic mass is 9.63. The van der Waals surface area contributed by atoms with Crippen LogP contribution in [0.1, 0.15) is 62.3 Å². The molecule has 2 fully saturated rings. The summed E-state index contributed by atoms with van der Waals surface area (Å²) in [5.41, 5.74) is 2.80. The third kappa shape index (κ3) is 3.46. The molecule has 1 aromatic heterocycles. The molecule has 5 heteroatoms. The summed E-state index contributed by atoms with van der Waals surface area (Å²) in [4.78, 5) is 0. The van der Waals surface area contributed by atoms with Gasteiger partial charge in [-0.2, -0.15) is 0 Å². The van der Waals surface area contributed by atoms with Gasteiger partial charge in [0.15, 0.2) is 0 Å². The van der Waals surface area contributed by atoms with Crippen molar-refractivity contribution in [2.24, 2.45) is 17.8 Å². The number of nitrogens with zero attached hydrogens (tertiary/aromatic N) is 1. The van der Waals surface area contributed by atoms with E-state index in [4.69, 9.17) is 14.0 Å². The molecule has 1 aromatic carbocycles. The van der Waals surface area contributed by atoms with Gasteiger partial charge in [0.05, 0.1) is 29.1 Å². The number of rotatable bonds is 4. The molecular formula is C23H31NO4. The van der Waals surface area contributed by atoms with E-state index >= 15 is 0 Å². The predicted molar refractivity (Wildman–Crippen MR) is 106 cm³/mol. The van der Waals surface area contributed by atoms with Gasteiger partial charge < -0.3 is 19.1 Å². The Labute approximate surface area is 167 Å². The molecule has 1 saturated heterocycles. The van der Waals surface area contributed by atoms with Gasteiger partial charge in [-0.25, -0.2) is 0 Å². The molecule has 1 aliphatic carbocycles. The van der Waals surface area contributed by atoms with Gasteiger partial charge in [0, 0.05) is 0 Å². The van der Waals surface area contributed by atoms with Crippen LogP contribution < -0.4 is 4.74 Å². The second-order valence-electron chi connectivity index (χ2n) is 9.06. The van der Waals surface area contributed by atoms with Crippen LogP contribution in [-0.2, 0) is 11.3 Å². The Balaban J connectivity index is 1.50. The summed E-state index contributed by atoms with van der Waals surface area (Å²) >= 11 is 0. The second-order valence-corrected chi connectivity index (χ2v) is 9.06. The minimum atomic E-state index is -0.243. The van der Waals surface area contributed by atoms with E-state index < -0.39 is 0 Å². The van der Waals surface area contributed by atoms with Gasteiger partial charge in [0.2, 0.25) is 0 Å². The van der Waals surface area contributed by atoms with Crippen molar-refractivity contribution < 1.29 is 19.1 Å². The summed E-state index contributed by atoms with van der Waals surface area (Å²) in [5.74, 6) is 2.61. The average Bonchev–Trinajstić information content (AvgIpc) is 2.98. The van der Waals surface area contributed by atoms with Crippen LogP contribution in [0.2, 0.25) is 0 Å². The first-order valence-electron chi connectivity index (χ1n) is 10.3. The summed E-state index contributed by atoms with van der Waals surface area (Å²) in [5, 5.41) is 14.5. The van der Waals surface area contributed by atoms with Gasteiger partial charge in [0.1, 0.15) is 18.1 Å². The molecule has 2 aliphatic rings. The molecule has 5 nitrogen and oxygen atoms in total. The number of aromatic nitrogens is 1. The van der Waals surface area contributed by atoms with Crippen LogP contribution >= 0.6 is 0 Å². The van der Waals surface area contributed by atoms with E-state index in [1.807, 2.05) is 26.0 Å². The van der Waals surface area contributed by atoms with Crippen molar-refractivity contribution in [1.82, 2.24) is 5.16 Å². The molecule has 0 spiro atoms. The normalized spacial score (nSPS) is 31.6. The molecule has 0 unspecified atom stereocenters. The first kappa shape index (κ1) is 19.5. The van der Waals surface area contributed by atoms with Crippen LogP contribution in [0.4, 0.5) is 0 Å². The van der Waals surface area contributed by atoms with Gasteiger partial charge in [-0.05, 0) is 76.0 Å². The van der Waals surface area contributed by atoms with Crippen molar-refractivity contribution in [2.45, 2.75) is 71.9 Å². The Morgan fingerprint density at radius 1 is 1.18 bits per heavy atom. The van der Waals surface area contributed by atoms with E-state index in [0.717, 1.165) is 41.2 Å². The Morgan fingerprint density at radius 3 is 2.54 bits per heavy atom. The maximum atomic E-state index is 10.5. The van der Waals surface area contributed by atoms with Crippen LogP contribution in [0.25, 0.3) is 0 Å². The number of hydrogen-bond donors (Lipinski definition) is 1. The fraction of sp³-hybridized carbons (Fsp3) is 0.609. The van der Waals surface area contributed by atoms with E-state index in [9.17, 15) is 5.11 Å². The monoisotopic (exact) mass is 385 g/mol. The van der Waals surface area contributed by atoms with Crippen LogP contribution in [-0.4, -0.2) is 22.0 Å². The van der Waals surface area contributed by atoms with Gasteiger partial charge in [0.25, 0.3) is 0 Å². The molecule has 2 bridgehead atoms. The quantitative estimate of drug-likeness (QED) is 0.823. The topological polar surface area (TPSA) is 64.7 Å². The first-order valence-corrected chi connectivity index (χ1v) is 10.3. The molecule has 4 rings (SSSR count). The molecule has 1 aliphatic heterocycles. The summed E-state index contributed by atoms with van der Waals surface area (Å²) in [6.07, 6.45) is 1.71. The Morgan fingerprint density at radius 2 is 1.89 bits per heavy atom. The smallest absolute Gasteiger partial charge is 0.140 e. The van der Waals surface area contributed by atoms with Gasteiger partial charge in [-0.3, -0.25) is 0 Å². The summed E-state index contributed by atoms with van der Waals surface area (Å²) < 4.78 is 17.7. The van der Waals surface area contributed by atoms with Crippen LogP contribution in [0.15, 0.2) is 28.8 Å². The third-order valence-electron chi connectivity index (χ3n) is 6.94. The highest BCUT2D eigenvalue weighted by atomic mass is 16.5. The molecule has 0 radical (unpaired) electrons. The van der Waals surface area contributed by atoms with E-state index in [-0.39, 0.29) is 23.7 Å². The van der Waals surface area contributed by atoms with Crippen molar-refractivity contribution in [2.75, 3.05) is 0 Å². The maximum absolute atomic E-state index is 10.5.